The van der Waals surface area contributed by atoms with Gasteiger partial charge in [0.2, 0.25) is 0 Å². The standard InChI is InChI=1S/C21H28N2OS/c1-14(2)12-20(17-7-9-18(24-5)10-8-17)23-21(25)22-19-11-6-15(3)13-16(19)4/h6-11,13-14,20H,12H2,1-5H3,(H2,22,23,25)/t20-/m0/s1. The van der Waals surface area contributed by atoms with Crippen molar-refractivity contribution in [2.75, 3.05) is 12.4 Å². The molecule has 0 aliphatic heterocycles. The average Bonchev–Trinajstić information content (AvgIpc) is 2.56. The van der Waals surface area contributed by atoms with E-state index in [0.717, 1.165) is 17.9 Å². The van der Waals surface area contributed by atoms with Crippen molar-refractivity contribution in [1.29, 1.82) is 0 Å². The molecule has 0 aliphatic rings. The van der Waals surface area contributed by atoms with Crippen LogP contribution < -0.4 is 15.4 Å². The van der Waals surface area contributed by atoms with Crippen LogP contribution >= 0.6 is 12.2 Å². The Morgan fingerprint density at radius 2 is 1.76 bits per heavy atom. The number of nitrogens with one attached hydrogen (secondary N) is 2. The number of rotatable bonds is 6. The molecule has 0 saturated carbocycles. The quantitative estimate of drug-likeness (QED) is 0.680. The highest BCUT2D eigenvalue weighted by molar-refractivity contribution is 7.80. The Kier molecular flexibility index (Phi) is 6.82. The van der Waals surface area contributed by atoms with Gasteiger partial charge < -0.3 is 15.4 Å². The summed E-state index contributed by atoms with van der Waals surface area (Å²) in [4.78, 5) is 0. The molecule has 0 unspecified atom stereocenters. The zero-order valence-corrected chi connectivity index (χ0v) is 16.5. The molecule has 2 N–H and O–H groups in total. The summed E-state index contributed by atoms with van der Waals surface area (Å²) in [5.74, 6) is 1.42. The van der Waals surface area contributed by atoms with E-state index in [9.17, 15) is 0 Å². The molecule has 0 aliphatic carbocycles. The zero-order valence-electron chi connectivity index (χ0n) is 15.7. The van der Waals surface area contributed by atoms with Crippen LogP contribution in [0.2, 0.25) is 0 Å². The van der Waals surface area contributed by atoms with Crippen LogP contribution in [0.25, 0.3) is 0 Å². The summed E-state index contributed by atoms with van der Waals surface area (Å²) < 4.78 is 5.25. The van der Waals surface area contributed by atoms with Crippen LogP contribution in [0, 0.1) is 19.8 Å². The second-order valence-corrected chi connectivity index (χ2v) is 7.28. The molecule has 2 rings (SSSR count). The van der Waals surface area contributed by atoms with Gasteiger partial charge in [-0.2, -0.15) is 0 Å². The van der Waals surface area contributed by atoms with Crippen molar-refractivity contribution < 1.29 is 4.74 Å². The number of aryl methyl sites for hydroxylation is 2. The lowest BCUT2D eigenvalue weighted by Crippen LogP contribution is -2.33. The predicted molar refractivity (Wildman–Crippen MR) is 110 cm³/mol. The van der Waals surface area contributed by atoms with Gasteiger partial charge in [-0.15, -0.1) is 0 Å². The summed E-state index contributed by atoms with van der Waals surface area (Å²) in [7, 11) is 1.68. The summed E-state index contributed by atoms with van der Waals surface area (Å²) >= 11 is 5.56. The predicted octanol–water partition coefficient (Wildman–Crippen LogP) is 5.39. The highest BCUT2D eigenvalue weighted by Crippen LogP contribution is 2.24. The first kappa shape index (κ1) is 19.3. The van der Waals surface area contributed by atoms with E-state index in [1.165, 1.54) is 16.7 Å². The van der Waals surface area contributed by atoms with Crippen molar-refractivity contribution in [3.05, 3.63) is 59.2 Å². The summed E-state index contributed by atoms with van der Waals surface area (Å²) in [6, 6.07) is 14.7. The van der Waals surface area contributed by atoms with Gasteiger partial charge in [-0.3, -0.25) is 0 Å². The molecule has 0 amide bonds. The maximum atomic E-state index is 5.56. The molecule has 2 aromatic rings. The lowest BCUT2D eigenvalue weighted by Gasteiger charge is -2.23. The first-order chi connectivity index (χ1) is 11.9. The van der Waals surface area contributed by atoms with Crippen LogP contribution in [-0.2, 0) is 0 Å². The van der Waals surface area contributed by atoms with Crippen LogP contribution in [0.1, 0.15) is 43.0 Å². The Bertz CT molecular complexity index is 710. The van der Waals surface area contributed by atoms with Crippen molar-refractivity contribution in [3.63, 3.8) is 0 Å². The monoisotopic (exact) mass is 356 g/mol. The SMILES string of the molecule is COc1ccc([C@H](CC(C)C)NC(=S)Nc2ccc(C)cc2C)cc1. The van der Waals surface area contributed by atoms with Crippen molar-refractivity contribution in [1.82, 2.24) is 5.32 Å². The van der Waals surface area contributed by atoms with Crippen LogP contribution in [0.4, 0.5) is 5.69 Å². The van der Waals surface area contributed by atoms with Crippen molar-refractivity contribution in [2.24, 2.45) is 5.92 Å². The maximum Gasteiger partial charge on any atom is 0.171 e. The molecule has 0 spiro atoms. The Balaban J connectivity index is 2.11. The van der Waals surface area contributed by atoms with Gasteiger partial charge in [0.25, 0.3) is 0 Å². The summed E-state index contributed by atoms with van der Waals surface area (Å²) in [5, 5.41) is 7.45. The second-order valence-electron chi connectivity index (χ2n) is 6.87. The normalized spacial score (nSPS) is 11.9. The summed E-state index contributed by atoms with van der Waals surface area (Å²) in [6.07, 6.45) is 1.00. The molecule has 3 nitrogen and oxygen atoms in total. The number of hydrogen-bond donors (Lipinski definition) is 2. The lowest BCUT2D eigenvalue weighted by molar-refractivity contribution is 0.414. The fraction of sp³-hybridized carbons (Fsp3) is 0.381. The van der Waals surface area contributed by atoms with Gasteiger partial charge in [0.05, 0.1) is 13.2 Å². The molecule has 2 aromatic carbocycles. The topological polar surface area (TPSA) is 33.3 Å². The molecule has 0 saturated heterocycles. The highest BCUT2D eigenvalue weighted by Gasteiger charge is 2.15. The molecule has 0 heterocycles. The number of ether oxygens (including phenoxy) is 1. The van der Waals surface area contributed by atoms with E-state index in [1.54, 1.807) is 7.11 Å². The molecular weight excluding hydrogens is 328 g/mol. The summed E-state index contributed by atoms with van der Waals surface area (Å²) in [5.41, 5.74) is 4.69. The first-order valence-electron chi connectivity index (χ1n) is 8.67. The number of thiocarbonyl (C=S) groups is 1. The van der Waals surface area contributed by atoms with E-state index in [-0.39, 0.29) is 6.04 Å². The first-order valence-corrected chi connectivity index (χ1v) is 9.08. The van der Waals surface area contributed by atoms with Gasteiger partial charge >= 0.3 is 0 Å². The third kappa shape index (κ3) is 5.75. The van der Waals surface area contributed by atoms with Gasteiger partial charge in [-0.25, -0.2) is 0 Å². The van der Waals surface area contributed by atoms with E-state index in [1.807, 2.05) is 12.1 Å². The minimum Gasteiger partial charge on any atom is -0.497 e. The van der Waals surface area contributed by atoms with E-state index < -0.39 is 0 Å². The summed E-state index contributed by atoms with van der Waals surface area (Å²) in [6.45, 7) is 8.63. The molecule has 0 fully saturated rings. The van der Waals surface area contributed by atoms with Crippen molar-refractivity contribution in [2.45, 2.75) is 40.2 Å². The molecule has 0 aromatic heterocycles. The third-order valence-electron chi connectivity index (χ3n) is 4.16. The third-order valence-corrected chi connectivity index (χ3v) is 4.38. The van der Waals surface area contributed by atoms with E-state index >= 15 is 0 Å². The molecule has 0 bridgehead atoms. The smallest absolute Gasteiger partial charge is 0.171 e. The Morgan fingerprint density at radius 1 is 1.08 bits per heavy atom. The maximum absolute atomic E-state index is 5.56. The fourth-order valence-corrected chi connectivity index (χ4v) is 3.11. The average molecular weight is 357 g/mol. The van der Waals surface area contributed by atoms with Crippen molar-refractivity contribution >= 4 is 23.0 Å². The Hall–Kier alpha value is -2.07. The Morgan fingerprint density at radius 3 is 2.32 bits per heavy atom. The van der Waals surface area contributed by atoms with Gasteiger partial charge in [-0.1, -0.05) is 43.7 Å². The molecule has 4 heteroatoms. The van der Waals surface area contributed by atoms with E-state index in [2.05, 4.69) is 68.7 Å². The van der Waals surface area contributed by atoms with Crippen LogP contribution in [0.5, 0.6) is 5.75 Å². The highest BCUT2D eigenvalue weighted by atomic mass is 32.1. The van der Waals surface area contributed by atoms with Crippen molar-refractivity contribution in [3.8, 4) is 5.75 Å². The largest absolute Gasteiger partial charge is 0.497 e. The molecule has 1 atom stereocenters. The number of anilines is 1. The van der Waals surface area contributed by atoms with Crippen LogP contribution in [-0.4, -0.2) is 12.2 Å². The van der Waals surface area contributed by atoms with Crippen LogP contribution in [0.15, 0.2) is 42.5 Å². The van der Waals surface area contributed by atoms with E-state index in [4.69, 9.17) is 17.0 Å². The second kappa shape index (κ2) is 8.86. The van der Waals surface area contributed by atoms with Crippen LogP contribution in [0.3, 0.4) is 0 Å². The minimum atomic E-state index is 0.164. The van der Waals surface area contributed by atoms with Gasteiger partial charge in [0.15, 0.2) is 5.11 Å². The molecule has 0 radical (unpaired) electrons. The van der Waals surface area contributed by atoms with Gasteiger partial charge in [0, 0.05) is 5.69 Å². The van der Waals surface area contributed by atoms with Gasteiger partial charge in [-0.05, 0) is 67.7 Å². The fourth-order valence-electron chi connectivity index (χ4n) is 2.86. The number of methoxy groups -OCH3 is 1. The molecule has 25 heavy (non-hydrogen) atoms. The Labute approximate surface area is 156 Å². The lowest BCUT2D eigenvalue weighted by atomic mass is 9.97. The minimum absolute atomic E-state index is 0.164. The van der Waals surface area contributed by atoms with Gasteiger partial charge in [0.1, 0.15) is 5.75 Å². The van der Waals surface area contributed by atoms with E-state index in [0.29, 0.717) is 11.0 Å². The number of hydrogen-bond acceptors (Lipinski definition) is 2. The zero-order chi connectivity index (χ0) is 18.4. The molecular formula is C21H28N2OS. The molecule has 134 valence electrons. The number of benzene rings is 2.